The fourth-order valence-electron chi connectivity index (χ4n) is 2.40. The summed E-state index contributed by atoms with van der Waals surface area (Å²) in [5, 5.41) is 4.54. The number of nitrogens with one attached hydrogen (secondary N) is 1. The monoisotopic (exact) mass is 299 g/mol. The number of hydrogen-bond acceptors (Lipinski definition) is 3. The third-order valence-corrected chi connectivity index (χ3v) is 4.96. The van der Waals surface area contributed by atoms with Crippen LogP contribution >= 0.6 is 0 Å². The maximum absolute atomic E-state index is 11.3. The van der Waals surface area contributed by atoms with E-state index in [1.807, 2.05) is 18.2 Å². The predicted molar refractivity (Wildman–Crippen MR) is 85.4 cm³/mol. The first-order valence-corrected chi connectivity index (χ1v) is 8.63. The van der Waals surface area contributed by atoms with Gasteiger partial charge >= 0.3 is 0 Å². The van der Waals surface area contributed by atoms with E-state index >= 15 is 0 Å². The highest BCUT2D eigenvalue weighted by Gasteiger charge is 2.20. The van der Waals surface area contributed by atoms with Gasteiger partial charge in [-0.1, -0.05) is 60.7 Å². The van der Waals surface area contributed by atoms with Gasteiger partial charge in [0.1, 0.15) is 0 Å². The van der Waals surface area contributed by atoms with Crippen molar-refractivity contribution in [2.24, 2.45) is 0 Å². The van der Waals surface area contributed by atoms with E-state index in [2.05, 4.69) is 41.7 Å². The van der Waals surface area contributed by atoms with Crippen LogP contribution in [0.3, 0.4) is 0 Å². The molecule has 1 unspecified atom stereocenters. The van der Waals surface area contributed by atoms with Gasteiger partial charge in [0.05, 0.1) is 5.75 Å². The van der Waals surface area contributed by atoms with E-state index < -0.39 is 9.84 Å². The highest BCUT2D eigenvalue weighted by molar-refractivity contribution is 7.94. The molecular formula is C17H17NO2S. The predicted octanol–water partition coefficient (Wildman–Crippen LogP) is 2.75. The topological polar surface area (TPSA) is 46.2 Å². The van der Waals surface area contributed by atoms with Crippen LogP contribution in [-0.4, -0.2) is 20.2 Å². The molecule has 0 radical (unpaired) electrons. The summed E-state index contributed by atoms with van der Waals surface area (Å²) in [6.07, 6.45) is 1.72. The number of hydrogen-bond donors (Lipinski definition) is 1. The highest BCUT2D eigenvalue weighted by Crippen LogP contribution is 2.19. The van der Waals surface area contributed by atoms with E-state index in [-0.39, 0.29) is 11.8 Å². The first-order valence-electron chi connectivity index (χ1n) is 6.91. The summed E-state index contributed by atoms with van der Waals surface area (Å²) in [5.41, 5.74) is 3.52. The fraction of sp³-hybridized carbons (Fsp3) is 0.176. The molecule has 3 nitrogen and oxygen atoms in total. The Bertz CT molecular complexity index is 734. The van der Waals surface area contributed by atoms with E-state index in [1.54, 1.807) is 6.08 Å². The Hall–Kier alpha value is -1.91. The number of rotatable bonds is 4. The third kappa shape index (κ3) is 3.60. The smallest absolute Gasteiger partial charge is 0.173 e. The fourth-order valence-corrected chi connectivity index (χ4v) is 3.67. The van der Waals surface area contributed by atoms with Gasteiger partial charge in [-0.3, -0.25) is 0 Å². The molecule has 0 aromatic heterocycles. The van der Waals surface area contributed by atoms with Crippen molar-refractivity contribution >= 4 is 9.84 Å². The SMILES string of the molecule is O=S1(=O)C=CC(NCc2ccc(-c3ccccc3)cc2)C1. The molecule has 0 amide bonds. The molecule has 21 heavy (non-hydrogen) atoms. The number of benzene rings is 2. The lowest BCUT2D eigenvalue weighted by Gasteiger charge is -2.10. The minimum Gasteiger partial charge on any atom is -0.305 e. The largest absolute Gasteiger partial charge is 0.305 e. The Morgan fingerprint density at radius 2 is 1.62 bits per heavy atom. The summed E-state index contributed by atoms with van der Waals surface area (Å²) < 4.78 is 22.7. The average Bonchev–Trinajstić information content (AvgIpc) is 2.86. The van der Waals surface area contributed by atoms with Crippen LogP contribution in [0, 0.1) is 0 Å². The molecule has 0 saturated heterocycles. The summed E-state index contributed by atoms with van der Waals surface area (Å²) in [4.78, 5) is 0. The Balaban J connectivity index is 1.62. The zero-order valence-electron chi connectivity index (χ0n) is 11.6. The summed E-state index contributed by atoms with van der Waals surface area (Å²) in [6.45, 7) is 0.666. The Labute approximate surface area is 125 Å². The van der Waals surface area contributed by atoms with Crippen LogP contribution in [0.5, 0.6) is 0 Å². The van der Waals surface area contributed by atoms with Crippen LogP contribution in [0.4, 0.5) is 0 Å². The van der Waals surface area contributed by atoms with Crippen LogP contribution in [0.1, 0.15) is 5.56 Å². The van der Waals surface area contributed by atoms with Crippen LogP contribution in [0.2, 0.25) is 0 Å². The van der Waals surface area contributed by atoms with Gasteiger partial charge in [-0.15, -0.1) is 0 Å². The molecule has 108 valence electrons. The van der Waals surface area contributed by atoms with Gasteiger partial charge in [-0.25, -0.2) is 8.42 Å². The maximum atomic E-state index is 11.3. The van der Waals surface area contributed by atoms with Gasteiger partial charge in [-0.05, 0) is 16.7 Å². The van der Waals surface area contributed by atoms with Crippen LogP contribution < -0.4 is 5.32 Å². The zero-order valence-corrected chi connectivity index (χ0v) is 12.4. The van der Waals surface area contributed by atoms with E-state index in [0.717, 1.165) is 5.56 Å². The molecule has 1 atom stereocenters. The molecular weight excluding hydrogens is 282 g/mol. The molecule has 2 aromatic rings. The molecule has 1 heterocycles. The van der Waals surface area contributed by atoms with Crippen molar-refractivity contribution in [3.63, 3.8) is 0 Å². The highest BCUT2D eigenvalue weighted by atomic mass is 32.2. The lowest BCUT2D eigenvalue weighted by molar-refractivity contribution is 0.590. The van der Waals surface area contributed by atoms with Crippen molar-refractivity contribution in [3.05, 3.63) is 71.6 Å². The van der Waals surface area contributed by atoms with Crippen molar-refractivity contribution in [2.45, 2.75) is 12.6 Å². The van der Waals surface area contributed by atoms with Gasteiger partial charge in [0.15, 0.2) is 9.84 Å². The van der Waals surface area contributed by atoms with E-state index in [9.17, 15) is 8.42 Å². The molecule has 0 spiro atoms. The molecule has 0 fully saturated rings. The van der Waals surface area contributed by atoms with Crippen LogP contribution in [0.15, 0.2) is 66.1 Å². The summed E-state index contributed by atoms with van der Waals surface area (Å²) in [7, 11) is -2.99. The van der Waals surface area contributed by atoms with Gasteiger partial charge in [0, 0.05) is 18.0 Å². The van der Waals surface area contributed by atoms with Gasteiger partial charge < -0.3 is 5.32 Å². The lowest BCUT2D eigenvalue weighted by Crippen LogP contribution is -2.29. The molecule has 0 bridgehead atoms. The second-order valence-corrected chi connectivity index (χ2v) is 7.14. The van der Waals surface area contributed by atoms with Gasteiger partial charge in [-0.2, -0.15) is 0 Å². The van der Waals surface area contributed by atoms with Crippen LogP contribution in [0.25, 0.3) is 11.1 Å². The standard InChI is InChI=1S/C17H17NO2S/c19-21(20)11-10-17(13-21)18-12-14-6-8-16(9-7-14)15-4-2-1-3-5-15/h1-11,17-18H,12-13H2. The quantitative estimate of drug-likeness (QED) is 0.944. The second-order valence-electron chi connectivity index (χ2n) is 5.21. The van der Waals surface area contributed by atoms with E-state index in [0.29, 0.717) is 6.54 Å². The molecule has 1 aliphatic heterocycles. The average molecular weight is 299 g/mol. The molecule has 2 aromatic carbocycles. The number of sulfone groups is 1. The molecule has 3 rings (SSSR count). The summed E-state index contributed by atoms with van der Waals surface area (Å²) in [5.74, 6) is 0.162. The van der Waals surface area contributed by atoms with Crippen LogP contribution in [-0.2, 0) is 16.4 Å². The molecule has 1 N–H and O–H groups in total. The molecule has 0 saturated carbocycles. The molecule has 0 aliphatic carbocycles. The zero-order chi connectivity index (χ0) is 14.7. The van der Waals surface area contributed by atoms with Crippen molar-refractivity contribution in [1.29, 1.82) is 0 Å². The summed E-state index contributed by atoms with van der Waals surface area (Å²) in [6, 6.07) is 18.5. The van der Waals surface area contributed by atoms with Crippen molar-refractivity contribution in [3.8, 4) is 11.1 Å². The molecule has 1 aliphatic rings. The van der Waals surface area contributed by atoms with E-state index in [4.69, 9.17) is 0 Å². The minimum absolute atomic E-state index is 0.0798. The minimum atomic E-state index is -2.99. The third-order valence-electron chi connectivity index (χ3n) is 3.56. The van der Waals surface area contributed by atoms with Crippen molar-refractivity contribution in [1.82, 2.24) is 5.32 Å². The maximum Gasteiger partial charge on any atom is 0.173 e. The van der Waals surface area contributed by atoms with E-state index in [1.165, 1.54) is 16.5 Å². The Morgan fingerprint density at radius 3 is 2.24 bits per heavy atom. The molecule has 4 heteroatoms. The second kappa shape index (κ2) is 5.84. The first-order chi connectivity index (χ1) is 10.1. The summed E-state index contributed by atoms with van der Waals surface area (Å²) >= 11 is 0. The Kier molecular flexibility index (Phi) is 3.90. The Morgan fingerprint density at radius 1 is 0.952 bits per heavy atom. The normalized spacial score (nSPS) is 19.7. The lowest BCUT2D eigenvalue weighted by atomic mass is 10.0. The first kappa shape index (κ1) is 14.0. The van der Waals surface area contributed by atoms with Gasteiger partial charge in [0.25, 0.3) is 0 Å². The van der Waals surface area contributed by atoms with Crippen molar-refractivity contribution in [2.75, 3.05) is 5.75 Å². The van der Waals surface area contributed by atoms with Crippen molar-refractivity contribution < 1.29 is 8.42 Å². The van der Waals surface area contributed by atoms with Gasteiger partial charge in [0.2, 0.25) is 0 Å².